The first-order valence-corrected chi connectivity index (χ1v) is 10.7. The molecule has 0 unspecified atom stereocenters. The molecule has 0 atom stereocenters. The Balaban J connectivity index is 1.75. The molecule has 9 nitrogen and oxygen atoms in total. The summed E-state index contributed by atoms with van der Waals surface area (Å²) in [7, 11) is 4.06. The molecule has 10 heteroatoms. The van der Waals surface area contributed by atoms with Gasteiger partial charge in [-0.05, 0) is 63.5 Å². The van der Waals surface area contributed by atoms with Crippen LogP contribution in [0.4, 0.5) is 17.3 Å². The molecule has 2 aromatic heterocycles. The van der Waals surface area contributed by atoms with Crippen molar-refractivity contribution in [1.29, 1.82) is 0 Å². The topological polar surface area (TPSA) is 108 Å². The maximum absolute atomic E-state index is 11.2. The number of aryl methyl sites for hydroxylation is 1. The number of H-pyrrole nitrogens is 1. The lowest BCUT2D eigenvalue weighted by Crippen LogP contribution is -2.15. The zero-order valence-electron chi connectivity index (χ0n) is 18.1. The molecule has 0 saturated heterocycles. The molecule has 0 radical (unpaired) electrons. The van der Waals surface area contributed by atoms with Crippen LogP contribution in [0.1, 0.15) is 19.0 Å². The Bertz CT molecular complexity index is 1010. The highest BCUT2D eigenvalue weighted by Gasteiger charge is 2.10. The van der Waals surface area contributed by atoms with Gasteiger partial charge in [0.15, 0.2) is 11.0 Å². The van der Waals surface area contributed by atoms with Crippen LogP contribution < -0.4 is 15.4 Å². The van der Waals surface area contributed by atoms with Crippen LogP contribution in [-0.4, -0.2) is 58.2 Å². The lowest BCUT2D eigenvalue weighted by atomic mass is 10.3. The number of benzene rings is 1. The Hall–Kier alpha value is -3.11. The molecule has 2 heterocycles. The molecule has 0 spiro atoms. The molecule has 0 saturated carbocycles. The highest BCUT2D eigenvalue weighted by atomic mass is 32.2. The van der Waals surface area contributed by atoms with Crippen LogP contribution >= 0.6 is 11.8 Å². The maximum atomic E-state index is 11.2. The number of carbonyl (C=O) groups is 1. The van der Waals surface area contributed by atoms with Gasteiger partial charge >= 0.3 is 0 Å². The number of hydrogen-bond donors (Lipinski definition) is 3. The van der Waals surface area contributed by atoms with Gasteiger partial charge in [0.2, 0.25) is 11.8 Å². The molecule has 31 heavy (non-hydrogen) atoms. The molecule has 164 valence electrons. The maximum Gasteiger partial charge on any atom is 0.221 e. The average molecular weight is 442 g/mol. The smallest absolute Gasteiger partial charge is 0.221 e. The van der Waals surface area contributed by atoms with Crippen LogP contribution in [0.25, 0.3) is 0 Å². The van der Waals surface area contributed by atoms with Crippen LogP contribution in [0, 0.1) is 6.92 Å². The molecule has 3 aromatic rings. The first-order chi connectivity index (χ1) is 14.9. The summed E-state index contributed by atoms with van der Waals surface area (Å²) in [6, 6.07) is 11.2. The first kappa shape index (κ1) is 22.6. The molecule has 3 N–H and O–H groups in total. The van der Waals surface area contributed by atoms with Gasteiger partial charge in [-0.1, -0.05) is 0 Å². The fourth-order valence-corrected chi connectivity index (χ4v) is 3.44. The van der Waals surface area contributed by atoms with Gasteiger partial charge in [0, 0.05) is 41.9 Å². The minimum atomic E-state index is -0.104. The second kappa shape index (κ2) is 10.8. The minimum Gasteiger partial charge on any atom is -0.477 e. The molecule has 0 aliphatic heterocycles. The van der Waals surface area contributed by atoms with Gasteiger partial charge in [-0.3, -0.25) is 9.89 Å². The van der Waals surface area contributed by atoms with E-state index in [1.807, 2.05) is 51.4 Å². The Morgan fingerprint density at radius 3 is 2.58 bits per heavy atom. The van der Waals surface area contributed by atoms with E-state index in [9.17, 15) is 4.79 Å². The summed E-state index contributed by atoms with van der Waals surface area (Å²) in [6.45, 7) is 4.91. The van der Waals surface area contributed by atoms with Crippen molar-refractivity contribution in [3.8, 4) is 5.88 Å². The fraction of sp³-hybridized carbons (Fsp3) is 0.333. The number of carbonyl (C=O) groups excluding carboxylic acids is 1. The molecule has 0 aliphatic carbocycles. The highest BCUT2D eigenvalue weighted by Crippen LogP contribution is 2.29. The molecule has 0 fully saturated rings. The molecule has 3 rings (SSSR count). The second-order valence-corrected chi connectivity index (χ2v) is 8.29. The second-order valence-electron chi connectivity index (χ2n) is 7.25. The van der Waals surface area contributed by atoms with Crippen molar-refractivity contribution in [2.45, 2.75) is 30.3 Å². The predicted octanol–water partition coefficient (Wildman–Crippen LogP) is 3.69. The van der Waals surface area contributed by atoms with Gasteiger partial charge in [-0.2, -0.15) is 10.1 Å². The van der Waals surface area contributed by atoms with Crippen LogP contribution in [0.5, 0.6) is 5.88 Å². The summed E-state index contributed by atoms with van der Waals surface area (Å²) in [5, 5.41) is 13.6. The van der Waals surface area contributed by atoms with E-state index in [1.54, 1.807) is 6.07 Å². The predicted molar refractivity (Wildman–Crippen MR) is 122 cm³/mol. The van der Waals surface area contributed by atoms with Crippen molar-refractivity contribution in [3.05, 3.63) is 42.1 Å². The van der Waals surface area contributed by atoms with Gasteiger partial charge in [-0.25, -0.2) is 4.98 Å². The Labute approximate surface area is 186 Å². The third-order valence-corrected chi connectivity index (χ3v) is 4.90. The van der Waals surface area contributed by atoms with Crippen molar-refractivity contribution in [2.75, 3.05) is 37.9 Å². The molecule has 1 amide bonds. The number of aromatic nitrogens is 4. The Morgan fingerprint density at radius 1 is 1.16 bits per heavy atom. The van der Waals surface area contributed by atoms with E-state index in [0.29, 0.717) is 29.3 Å². The van der Waals surface area contributed by atoms with E-state index in [4.69, 9.17) is 4.74 Å². The van der Waals surface area contributed by atoms with Gasteiger partial charge < -0.3 is 20.3 Å². The van der Waals surface area contributed by atoms with Crippen LogP contribution in [-0.2, 0) is 4.79 Å². The van der Waals surface area contributed by atoms with Crippen molar-refractivity contribution >= 4 is 35.0 Å². The lowest BCUT2D eigenvalue weighted by Gasteiger charge is -2.12. The van der Waals surface area contributed by atoms with Crippen molar-refractivity contribution in [3.63, 3.8) is 0 Å². The van der Waals surface area contributed by atoms with Gasteiger partial charge in [0.1, 0.15) is 5.82 Å². The zero-order valence-corrected chi connectivity index (χ0v) is 18.9. The summed E-state index contributed by atoms with van der Waals surface area (Å²) in [5.41, 5.74) is 1.69. The van der Waals surface area contributed by atoms with E-state index >= 15 is 0 Å². The van der Waals surface area contributed by atoms with E-state index in [2.05, 4.69) is 35.7 Å². The summed E-state index contributed by atoms with van der Waals surface area (Å²) >= 11 is 1.41. The summed E-state index contributed by atoms with van der Waals surface area (Å²) in [5.74, 6) is 1.67. The number of anilines is 3. The molecule has 0 aliphatic rings. The standard InChI is InChI=1S/C21H27N7O2S/c1-14-12-19(27-26-14)23-18-13-20(30-11-5-10-28(3)4)25-21(24-18)31-17-8-6-16(7-9-17)22-15(2)29/h6-9,12-13H,5,10-11H2,1-4H3,(H,22,29)(H2,23,24,25,26,27). The summed E-state index contributed by atoms with van der Waals surface area (Å²) in [4.78, 5) is 23.4. The third-order valence-electron chi connectivity index (χ3n) is 4.03. The lowest BCUT2D eigenvalue weighted by molar-refractivity contribution is -0.114. The van der Waals surface area contributed by atoms with Gasteiger partial charge in [0.05, 0.1) is 6.61 Å². The first-order valence-electron chi connectivity index (χ1n) is 9.88. The van der Waals surface area contributed by atoms with Crippen LogP contribution in [0.2, 0.25) is 0 Å². The highest BCUT2D eigenvalue weighted by molar-refractivity contribution is 7.99. The number of ether oxygens (including phenoxy) is 1. The van der Waals surface area contributed by atoms with E-state index < -0.39 is 0 Å². The summed E-state index contributed by atoms with van der Waals surface area (Å²) in [6.07, 6.45) is 0.894. The molecule has 1 aromatic carbocycles. The fourth-order valence-electron chi connectivity index (χ4n) is 2.67. The van der Waals surface area contributed by atoms with Crippen LogP contribution in [0.3, 0.4) is 0 Å². The Kier molecular flexibility index (Phi) is 7.85. The van der Waals surface area contributed by atoms with Crippen molar-refractivity contribution in [2.24, 2.45) is 0 Å². The van der Waals surface area contributed by atoms with E-state index in [0.717, 1.165) is 29.2 Å². The number of rotatable bonds is 10. The summed E-state index contributed by atoms with van der Waals surface area (Å²) < 4.78 is 5.87. The molecule has 0 bridgehead atoms. The normalized spacial score (nSPS) is 10.9. The SMILES string of the molecule is CC(=O)Nc1ccc(Sc2nc(Nc3cc(C)[nH]n3)cc(OCCCN(C)C)n2)cc1. The quantitative estimate of drug-likeness (QED) is 0.323. The number of nitrogens with one attached hydrogen (secondary N) is 3. The van der Waals surface area contributed by atoms with Gasteiger partial charge in [-0.15, -0.1) is 0 Å². The van der Waals surface area contributed by atoms with Crippen molar-refractivity contribution in [1.82, 2.24) is 25.1 Å². The minimum absolute atomic E-state index is 0.104. The van der Waals surface area contributed by atoms with Gasteiger partial charge in [0.25, 0.3) is 0 Å². The third kappa shape index (κ3) is 7.58. The zero-order chi connectivity index (χ0) is 22.2. The van der Waals surface area contributed by atoms with Crippen LogP contribution in [0.15, 0.2) is 46.5 Å². The Morgan fingerprint density at radius 2 is 1.94 bits per heavy atom. The number of aromatic amines is 1. The van der Waals surface area contributed by atoms with E-state index in [1.165, 1.54) is 18.7 Å². The monoisotopic (exact) mass is 441 g/mol. The van der Waals surface area contributed by atoms with Crippen molar-refractivity contribution < 1.29 is 9.53 Å². The number of nitrogens with zero attached hydrogens (tertiary/aromatic N) is 4. The largest absolute Gasteiger partial charge is 0.477 e. The molecular weight excluding hydrogens is 414 g/mol. The molecular formula is C21H27N7O2S. The van der Waals surface area contributed by atoms with E-state index in [-0.39, 0.29) is 5.91 Å². The number of hydrogen-bond acceptors (Lipinski definition) is 8. The average Bonchev–Trinajstić information content (AvgIpc) is 3.11. The number of amides is 1.